The van der Waals surface area contributed by atoms with Crippen LogP contribution in [-0.2, 0) is 26.8 Å². The lowest BCUT2D eigenvalue weighted by atomic mass is 9.65. The normalized spacial score (nSPS) is 25.6. The summed E-state index contributed by atoms with van der Waals surface area (Å²) in [5.41, 5.74) is 15.2. The van der Waals surface area contributed by atoms with Crippen LogP contribution in [0.5, 0.6) is 11.8 Å². The Morgan fingerprint density at radius 1 is 0.952 bits per heavy atom. The van der Waals surface area contributed by atoms with Crippen LogP contribution in [0.2, 0.25) is 0 Å². The largest absolute Gasteiger partial charge is 0.486 e. The summed E-state index contributed by atoms with van der Waals surface area (Å²) in [6.07, 6.45) is 6.28. The maximum Gasteiger partial charge on any atom is 0.330 e. The van der Waals surface area contributed by atoms with E-state index in [-0.39, 0.29) is 48.6 Å². The quantitative estimate of drug-likeness (QED) is 0.127. The van der Waals surface area contributed by atoms with Crippen LogP contribution in [0.15, 0.2) is 71.8 Å². The van der Waals surface area contributed by atoms with Crippen molar-refractivity contribution >= 4 is 27.9 Å². The molecule has 5 aliphatic rings. The first-order valence-electron chi connectivity index (χ1n) is 22.5. The highest BCUT2D eigenvalue weighted by Crippen LogP contribution is 2.55. The van der Waals surface area contributed by atoms with E-state index in [2.05, 4.69) is 88.2 Å². The van der Waals surface area contributed by atoms with E-state index >= 15 is 4.39 Å². The average molecular weight is 839 g/mol. The predicted octanol–water partition coefficient (Wildman–Crippen LogP) is 6.38. The number of hydrogen-bond acceptors (Lipinski definition) is 11. The van der Waals surface area contributed by atoms with Crippen LogP contribution in [0, 0.1) is 11.8 Å². The molecule has 7 heterocycles. The molecule has 62 heavy (non-hydrogen) atoms. The summed E-state index contributed by atoms with van der Waals surface area (Å²) < 4.78 is 33.4. The van der Waals surface area contributed by atoms with Crippen molar-refractivity contribution in [3.8, 4) is 11.8 Å². The molecule has 14 heteroatoms. The van der Waals surface area contributed by atoms with Crippen molar-refractivity contribution in [2.75, 3.05) is 24.5 Å². The average Bonchev–Trinajstić information content (AvgIpc) is 3.53. The zero-order chi connectivity index (χ0) is 42.2. The van der Waals surface area contributed by atoms with Crippen LogP contribution in [0.25, 0.3) is 22.1 Å². The van der Waals surface area contributed by atoms with E-state index in [0.29, 0.717) is 53.9 Å². The van der Waals surface area contributed by atoms with Crippen LogP contribution in [0.3, 0.4) is 0 Å². The summed E-state index contributed by atoms with van der Waals surface area (Å²) in [7, 11) is 1.76. The summed E-state index contributed by atoms with van der Waals surface area (Å²) >= 11 is 0. The molecule has 11 rings (SSSR count). The Balaban J connectivity index is 1.03. The smallest absolute Gasteiger partial charge is 0.330 e. The number of ether oxygens (including phenoxy) is 2. The molecule has 13 nitrogen and oxygen atoms in total. The minimum Gasteiger partial charge on any atom is -0.486 e. The zero-order valence-corrected chi connectivity index (χ0v) is 35.9. The molecule has 0 amide bonds. The molecule has 2 saturated carbocycles. The number of nitrogens with one attached hydrogen (secondary N) is 3. The highest BCUT2D eigenvalue weighted by atomic mass is 19.1. The molecule has 3 aliphatic heterocycles. The molecule has 7 atom stereocenters. The Bertz CT molecular complexity index is 2710. The van der Waals surface area contributed by atoms with Crippen molar-refractivity contribution in [3.63, 3.8) is 0 Å². The second-order valence-corrected chi connectivity index (χ2v) is 18.7. The van der Waals surface area contributed by atoms with Crippen molar-refractivity contribution in [2.45, 2.75) is 108 Å². The van der Waals surface area contributed by atoms with Crippen molar-refractivity contribution < 1.29 is 13.9 Å². The minimum absolute atomic E-state index is 0.0153. The number of benzene rings is 2. The number of pyridine rings is 2. The molecule has 2 aromatic carbocycles. The van der Waals surface area contributed by atoms with Crippen LogP contribution in [0.4, 0.5) is 10.2 Å². The van der Waals surface area contributed by atoms with Gasteiger partial charge in [-0.3, -0.25) is 25.0 Å². The summed E-state index contributed by atoms with van der Waals surface area (Å²) in [6, 6.07) is 19.4. The highest BCUT2D eigenvalue weighted by molar-refractivity contribution is 5.96. The Kier molecular flexibility index (Phi) is 9.99. The van der Waals surface area contributed by atoms with Crippen molar-refractivity contribution in [1.82, 2.24) is 45.2 Å². The molecule has 2 bridgehead atoms. The third-order valence-electron chi connectivity index (χ3n) is 14.3. The Labute approximate surface area is 360 Å². The third-order valence-corrected chi connectivity index (χ3v) is 14.3. The van der Waals surface area contributed by atoms with Crippen molar-refractivity contribution in [1.29, 1.82) is 0 Å². The Hall–Kier alpha value is -5.44. The Morgan fingerprint density at radius 3 is 2.53 bits per heavy atom. The number of hydrogen-bond donors (Lipinski definition) is 3. The summed E-state index contributed by atoms with van der Waals surface area (Å²) in [5.74, 6) is 2.02. The lowest BCUT2D eigenvalue weighted by molar-refractivity contribution is 0.102. The van der Waals surface area contributed by atoms with Crippen molar-refractivity contribution in [2.24, 2.45) is 18.9 Å². The van der Waals surface area contributed by atoms with Gasteiger partial charge in [0.05, 0.1) is 12.1 Å². The van der Waals surface area contributed by atoms with Gasteiger partial charge in [-0.25, -0.2) is 14.2 Å². The second kappa shape index (κ2) is 15.7. The number of anilines is 1. The van der Waals surface area contributed by atoms with E-state index in [1.54, 1.807) is 22.4 Å². The van der Waals surface area contributed by atoms with Crippen LogP contribution < -0.4 is 36.2 Å². The standard InChI is InChI=1S/C48H55FN10O3/c1-26(2)42-31(7-5-15-50-42)25-62-47-54-43-35(45(55-47)58-23-32-17-33(58)20-52-32)18-34(30-13-14-30)41(40-27(3)37(49)19-38-36(40)21-53-56-38)44(43)61-24-29-11-9-28(10-12-29)22-59-39-8-6-16-51-46(39)57(4)48(59)60/h5-12,15-16,18,26-27,30,32-33,36-38,40,52-53,56H,13-14,17,19-25H2,1-4H3/t27?,32-,33-,36?,37?,38?,40?/m0/s1. The van der Waals surface area contributed by atoms with Gasteiger partial charge in [-0.1, -0.05) is 51.1 Å². The monoisotopic (exact) mass is 838 g/mol. The number of aryl methyl sites for hydroxylation is 1. The van der Waals surface area contributed by atoms with Gasteiger partial charge in [0.25, 0.3) is 0 Å². The number of rotatable bonds is 12. The zero-order valence-electron chi connectivity index (χ0n) is 35.9. The predicted molar refractivity (Wildman–Crippen MR) is 236 cm³/mol. The summed E-state index contributed by atoms with van der Waals surface area (Å²) in [4.78, 5) is 35.3. The SMILES string of the molecule is CC(C)c1ncccc1COc1nc(N2C[C@@H]3C[C@H]2CN3)c2cc(C3CC3)c(C3C(C)C(F)CC4NNCC43)c(OCc3ccc(Cn4c(=O)n(C)c5ncccc54)cc3)c2n1. The number of hydrazine groups is 1. The van der Waals surface area contributed by atoms with Gasteiger partial charge in [0, 0.05) is 79.4 Å². The summed E-state index contributed by atoms with van der Waals surface area (Å²) in [6.45, 7) is 9.85. The maximum absolute atomic E-state index is 16.3. The third kappa shape index (κ3) is 6.90. The van der Waals surface area contributed by atoms with Gasteiger partial charge in [-0.05, 0) is 96.2 Å². The highest BCUT2D eigenvalue weighted by Gasteiger charge is 2.49. The fraction of sp³-hybridized carbons (Fsp3) is 0.479. The van der Waals surface area contributed by atoms with Gasteiger partial charge in [0.1, 0.15) is 36.5 Å². The van der Waals surface area contributed by atoms with E-state index in [1.165, 1.54) is 5.56 Å². The first kappa shape index (κ1) is 39.4. The van der Waals surface area contributed by atoms with E-state index < -0.39 is 6.17 Å². The fourth-order valence-electron chi connectivity index (χ4n) is 11.0. The van der Waals surface area contributed by atoms with E-state index in [1.807, 2.05) is 24.4 Å². The van der Waals surface area contributed by atoms with Gasteiger partial charge in [0.2, 0.25) is 0 Å². The molecular weight excluding hydrogens is 784 g/mol. The van der Waals surface area contributed by atoms with Gasteiger partial charge in [0.15, 0.2) is 5.65 Å². The van der Waals surface area contributed by atoms with E-state index in [9.17, 15) is 4.79 Å². The lowest BCUT2D eigenvalue weighted by Gasteiger charge is -2.41. The number of fused-ring (bicyclic) bond motifs is 5. The molecule has 2 aliphatic carbocycles. The first-order valence-corrected chi connectivity index (χ1v) is 22.5. The van der Waals surface area contributed by atoms with Gasteiger partial charge >= 0.3 is 11.7 Å². The van der Waals surface area contributed by atoms with E-state index in [4.69, 9.17) is 19.4 Å². The number of alkyl halides is 1. The molecule has 5 fully saturated rings. The molecule has 5 unspecified atom stereocenters. The fourth-order valence-corrected chi connectivity index (χ4v) is 11.0. The number of aromatic nitrogens is 6. The molecule has 0 spiro atoms. The number of piperazine rings is 1. The first-order chi connectivity index (χ1) is 30.2. The number of halogens is 1. The topological polar surface area (TPSA) is 136 Å². The molecule has 3 N–H and O–H groups in total. The van der Waals surface area contributed by atoms with Crippen molar-refractivity contribution in [3.05, 3.63) is 111 Å². The number of imidazole rings is 1. The van der Waals surface area contributed by atoms with Gasteiger partial charge in [-0.15, -0.1) is 0 Å². The molecular formula is C48H55FN10O3. The van der Waals surface area contributed by atoms with Gasteiger partial charge < -0.3 is 19.7 Å². The van der Waals surface area contributed by atoms with Crippen LogP contribution >= 0.6 is 0 Å². The van der Waals surface area contributed by atoms with Gasteiger partial charge in [-0.2, -0.15) is 9.97 Å². The molecule has 4 aromatic heterocycles. The molecule has 6 aromatic rings. The maximum atomic E-state index is 16.3. The van der Waals surface area contributed by atoms with E-state index in [0.717, 1.165) is 83.6 Å². The second-order valence-electron chi connectivity index (χ2n) is 18.7. The molecule has 0 radical (unpaired) electrons. The van der Waals surface area contributed by atoms with Crippen LogP contribution in [-0.4, -0.2) is 73.0 Å². The number of nitrogens with zero attached hydrogens (tertiary/aromatic N) is 7. The minimum atomic E-state index is -0.969. The Morgan fingerprint density at radius 2 is 1.76 bits per heavy atom. The lowest BCUT2D eigenvalue weighted by Crippen LogP contribution is -2.45. The summed E-state index contributed by atoms with van der Waals surface area (Å²) in [5, 5.41) is 4.62. The molecule has 322 valence electrons. The van der Waals surface area contributed by atoms with Crippen LogP contribution in [0.1, 0.15) is 97.7 Å². The molecule has 3 saturated heterocycles.